The van der Waals surface area contributed by atoms with Gasteiger partial charge in [-0.1, -0.05) is 23.2 Å². The lowest BCUT2D eigenvalue weighted by Crippen LogP contribution is -2.22. The van der Waals surface area contributed by atoms with E-state index in [-0.39, 0.29) is 17.2 Å². The highest BCUT2D eigenvalue weighted by atomic mass is 35.5. The fraction of sp³-hybridized carbons (Fsp3) is 0.154. The van der Waals surface area contributed by atoms with E-state index in [0.29, 0.717) is 15.7 Å². The molecular formula is C13H10Cl2N4O. The van der Waals surface area contributed by atoms with E-state index in [1.165, 1.54) is 15.8 Å². The molecule has 102 valence electrons. The highest BCUT2D eigenvalue weighted by Gasteiger charge is 2.20. The molecule has 0 saturated carbocycles. The molecule has 2 aromatic rings. The van der Waals surface area contributed by atoms with E-state index in [2.05, 4.69) is 5.10 Å². The first kappa shape index (κ1) is 14.4. The maximum Gasteiger partial charge on any atom is 0.257 e. The van der Waals surface area contributed by atoms with Gasteiger partial charge in [0.2, 0.25) is 0 Å². The van der Waals surface area contributed by atoms with Crippen LogP contribution in [0.2, 0.25) is 10.0 Å². The number of nitrogens with zero attached hydrogens (tertiary/aromatic N) is 4. The van der Waals surface area contributed by atoms with E-state index in [4.69, 9.17) is 23.2 Å². The van der Waals surface area contributed by atoms with Crippen molar-refractivity contribution < 1.29 is 4.79 Å². The Kier molecular flexibility index (Phi) is 3.98. The maximum atomic E-state index is 12.0. The Balaban J connectivity index is 2.60. The van der Waals surface area contributed by atoms with Crippen molar-refractivity contribution in [2.24, 2.45) is 0 Å². The van der Waals surface area contributed by atoms with Crippen molar-refractivity contribution in [1.29, 1.82) is 5.26 Å². The first-order valence-corrected chi connectivity index (χ1v) is 6.36. The van der Waals surface area contributed by atoms with Gasteiger partial charge in [0.25, 0.3) is 5.91 Å². The maximum absolute atomic E-state index is 12.0. The minimum absolute atomic E-state index is 0.132. The second-order valence-electron chi connectivity index (χ2n) is 4.23. The van der Waals surface area contributed by atoms with Gasteiger partial charge in [-0.05, 0) is 18.2 Å². The lowest BCUT2D eigenvalue weighted by molar-refractivity contribution is 0.0827. The van der Waals surface area contributed by atoms with Gasteiger partial charge in [0.1, 0.15) is 6.07 Å². The van der Waals surface area contributed by atoms with Crippen molar-refractivity contribution in [3.63, 3.8) is 0 Å². The number of hydrogen-bond acceptors (Lipinski definition) is 3. The number of halogens is 2. The average Bonchev–Trinajstić information content (AvgIpc) is 2.81. The Bertz CT molecular complexity index is 716. The molecule has 5 nitrogen and oxygen atoms in total. The summed E-state index contributed by atoms with van der Waals surface area (Å²) < 4.78 is 1.33. The van der Waals surface area contributed by atoms with Crippen LogP contribution in [-0.2, 0) is 0 Å². The Morgan fingerprint density at radius 3 is 2.65 bits per heavy atom. The summed E-state index contributed by atoms with van der Waals surface area (Å²) in [5.74, 6) is -0.294. The van der Waals surface area contributed by atoms with Crippen molar-refractivity contribution in [1.82, 2.24) is 14.7 Å². The SMILES string of the molecule is CN(C)C(=O)c1cnn(-c2ccc(Cl)cc2Cl)c1C#N. The minimum Gasteiger partial charge on any atom is -0.345 e. The number of hydrogen-bond donors (Lipinski definition) is 0. The first-order chi connectivity index (χ1) is 9.45. The third-order valence-electron chi connectivity index (χ3n) is 2.65. The van der Waals surface area contributed by atoms with Gasteiger partial charge in [-0.3, -0.25) is 4.79 Å². The molecule has 20 heavy (non-hydrogen) atoms. The molecule has 1 heterocycles. The zero-order chi connectivity index (χ0) is 14.9. The molecule has 7 heteroatoms. The molecular weight excluding hydrogens is 299 g/mol. The fourth-order valence-electron chi connectivity index (χ4n) is 1.69. The third kappa shape index (κ3) is 2.48. The molecule has 0 unspecified atom stereocenters. The summed E-state index contributed by atoms with van der Waals surface area (Å²) in [6.45, 7) is 0. The van der Waals surface area contributed by atoms with Crippen LogP contribution in [0.3, 0.4) is 0 Å². The van der Waals surface area contributed by atoms with Crippen LogP contribution in [0.4, 0.5) is 0 Å². The van der Waals surface area contributed by atoms with Crippen molar-refractivity contribution in [3.8, 4) is 11.8 Å². The minimum atomic E-state index is -0.294. The Labute approximate surface area is 125 Å². The van der Waals surface area contributed by atoms with Crippen molar-refractivity contribution in [2.75, 3.05) is 14.1 Å². The molecule has 0 atom stereocenters. The predicted octanol–water partition coefficient (Wildman–Crippen LogP) is 2.75. The number of amides is 1. The van der Waals surface area contributed by atoms with Crippen LogP contribution in [0.15, 0.2) is 24.4 Å². The van der Waals surface area contributed by atoms with E-state index < -0.39 is 0 Å². The molecule has 0 spiro atoms. The van der Waals surface area contributed by atoms with Crippen LogP contribution >= 0.6 is 23.2 Å². The molecule has 0 aliphatic heterocycles. The smallest absolute Gasteiger partial charge is 0.257 e. The fourth-order valence-corrected chi connectivity index (χ4v) is 2.18. The molecule has 0 bridgehead atoms. The quantitative estimate of drug-likeness (QED) is 0.857. The van der Waals surface area contributed by atoms with Gasteiger partial charge >= 0.3 is 0 Å². The standard InChI is InChI=1S/C13H10Cl2N4O/c1-18(2)13(20)9-7-17-19(12(9)6-16)11-4-3-8(14)5-10(11)15/h3-5,7H,1-2H3. The second-order valence-corrected chi connectivity index (χ2v) is 5.07. The largest absolute Gasteiger partial charge is 0.345 e. The molecule has 1 aromatic heterocycles. The van der Waals surface area contributed by atoms with Crippen LogP contribution < -0.4 is 0 Å². The molecule has 0 N–H and O–H groups in total. The van der Waals surface area contributed by atoms with E-state index in [0.717, 1.165) is 0 Å². The Morgan fingerprint density at radius 2 is 2.10 bits per heavy atom. The molecule has 0 aliphatic rings. The van der Waals surface area contributed by atoms with Gasteiger partial charge in [-0.15, -0.1) is 0 Å². The van der Waals surface area contributed by atoms with Crippen LogP contribution in [0.5, 0.6) is 0 Å². The second kappa shape index (κ2) is 5.53. The molecule has 2 rings (SSSR count). The van der Waals surface area contributed by atoms with Gasteiger partial charge in [0.05, 0.1) is 22.5 Å². The average molecular weight is 309 g/mol. The summed E-state index contributed by atoms with van der Waals surface area (Å²) in [5.41, 5.74) is 0.849. The number of nitriles is 1. The summed E-state index contributed by atoms with van der Waals surface area (Å²) >= 11 is 11.9. The summed E-state index contributed by atoms with van der Waals surface area (Å²) in [5, 5.41) is 14.2. The highest BCUT2D eigenvalue weighted by molar-refractivity contribution is 6.35. The first-order valence-electron chi connectivity index (χ1n) is 5.61. The van der Waals surface area contributed by atoms with E-state index in [1.807, 2.05) is 6.07 Å². The monoisotopic (exact) mass is 308 g/mol. The van der Waals surface area contributed by atoms with Gasteiger partial charge < -0.3 is 4.90 Å². The number of aromatic nitrogens is 2. The lowest BCUT2D eigenvalue weighted by atomic mass is 10.2. The van der Waals surface area contributed by atoms with Gasteiger partial charge in [-0.25, -0.2) is 4.68 Å². The summed E-state index contributed by atoms with van der Waals surface area (Å²) in [6.07, 6.45) is 1.35. The topological polar surface area (TPSA) is 61.9 Å². The van der Waals surface area contributed by atoms with Crippen molar-refractivity contribution in [2.45, 2.75) is 0 Å². The molecule has 0 fully saturated rings. The van der Waals surface area contributed by atoms with Gasteiger partial charge in [0.15, 0.2) is 5.69 Å². The van der Waals surface area contributed by atoms with Crippen molar-refractivity contribution in [3.05, 3.63) is 45.7 Å². The van der Waals surface area contributed by atoms with Crippen molar-refractivity contribution >= 4 is 29.1 Å². The van der Waals surface area contributed by atoms with E-state index >= 15 is 0 Å². The number of carbonyl (C=O) groups excluding carboxylic acids is 1. The van der Waals surface area contributed by atoms with Crippen LogP contribution in [-0.4, -0.2) is 34.7 Å². The normalized spacial score (nSPS) is 10.2. The highest BCUT2D eigenvalue weighted by Crippen LogP contribution is 2.26. The molecule has 0 saturated heterocycles. The third-order valence-corrected chi connectivity index (χ3v) is 3.19. The molecule has 0 radical (unpaired) electrons. The number of benzene rings is 1. The lowest BCUT2D eigenvalue weighted by Gasteiger charge is -2.09. The summed E-state index contributed by atoms with van der Waals surface area (Å²) in [7, 11) is 3.21. The Morgan fingerprint density at radius 1 is 1.40 bits per heavy atom. The van der Waals surface area contributed by atoms with E-state index in [1.54, 1.807) is 32.3 Å². The molecule has 0 aliphatic carbocycles. The number of rotatable bonds is 2. The van der Waals surface area contributed by atoms with Gasteiger partial charge in [0, 0.05) is 19.1 Å². The zero-order valence-corrected chi connectivity index (χ0v) is 12.3. The van der Waals surface area contributed by atoms with Crippen LogP contribution in [0.25, 0.3) is 5.69 Å². The molecule has 1 amide bonds. The predicted molar refractivity (Wildman–Crippen MR) is 76.3 cm³/mol. The zero-order valence-electron chi connectivity index (χ0n) is 10.8. The van der Waals surface area contributed by atoms with Crippen LogP contribution in [0.1, 0.15) is 16.1 Å². The Hall–Kier alpha value is -2.03. The summed E-state index contributed by atoms with van der Waals surface area (Å²) in [6, 6.07) is 6.81. The van der Waals surface area contributed by atoms with E-state index in [9.17, 15) is 10.1 Å². The van der Waals surface area contributed by atoms with Crippen LogP contribution in [0, 0.1) is 11.3 Å². The molecule has 1 aromatic carbocycles. The summed E-state index contributed by atoms with van der Waals surface area (Å²) in [4.78, 5) is 13.4. The van der Waals surface area contributed by atoms with Gasteiger partial charge in [-0.2, -0.15) is 10.4 Å². The number of carbonyl (C=O) groups is 1.